The predicted molar refractivity (Wildman–Crippen MR) is 126 cm³/mol. The van der Waals surface area contributed by atoms with Crippen molar-refractivity contribution in [2.75, 3.05) is 46.6 Å². The molecule has 1 N–H and O–H groups in total. The number of benzene rings is 2. The summed E-state index contributed by atoms with van der Waals surface area (Å²) in [6, 6.07) is 17.5. The van der Waals surface area contributed by atoms with E-state index in [0.29, 0.717) is 43.6 Å². The molecule has 33 heavy (non-hydrogen) atoms. The lowest BCUT2D eigenvalue weighted by Crippen LogP contribution is -2.43. The van der Waals surface area contributed by atoms with E-state index < -0.39 is 0 Å². The van der Waals surface area contributed by atoms with E-state index in [1.165, 1.54) is 0 Å². The lowest BCUT2D eigenvalue weighted by Gasteiger charge is -2.35. The van der Waals surface area contributed by atoms with Crippen LogP contribution in [0.2, 0.25) is 0 Å². The first-order chi connectivity index (χ1) is 16.2. The summed E-state index contributed by atoms with van der Waals surface area (Å²) in [6.45, 7) is 5.82. The summed E-state index contributed by atoms with van der Waals surface area (Å²) >= 11 is 0. The number of ether oxygens (including phenoxy) is 3. The molecule has 1 fully saturated rings. The van der Waals surface area contributed by atoms with Gasteiger partial charge in [0.2, 0.25) is 0 Å². The number of nitrogens with one attached hydrogen (secondary N) is 1. The Morgan fingerprint density at radius 1 is 1.09 bits per heavy atom. The van der Waals surface area contributed by atoms with Gasteiger partial charge in [0.05, 0.1) is 39.2 Å². The molecule has 4 rings (SSSR count). The standard InChI is InChI=1S/C26H30N2O5/c1-3-32-23-10-9-20(17-24(23)30-2)22(28-12-15-31-16-13-28)18-27-26(29)25-21(11-14-33-25)19-7-5-4-6-8-19/h4-11,14,17,22H,3,12-13,15-16,18H2,1-2H3,(H,27,29). The van der Waals surface area contributed by atoms with Crippen LogP contribution in [0.1, 0.15) is 29.1 Å². The number of furan rings is 1. The van der Waals surface area contributed by atoms with Crippen molar-refractivity contribution in [2.45, 2.75) is 13.0 Å². The van der Waals surface area contributed by atoms with E-state index in [9.17, 15) is 4.79 Å². The lowest BCUT2D eigenvalue weighted by molar-refractivity contribution is 0.0161. The summed E-state index contributed by atoms with van der Waals surface area (Å²) in [5.74, 6) is 1.45. The monoisotopic (exact) mass is 450 g/mol. The van der Waals surface area contributed by atoms with Gasteiger partial charge in [-0.15, -0.1) is 0 Å². The smallest absolute Gasteiger partial charge is 0.287 e. The fraction of sp³-hybridized carbons (Fsp3) is 0.346. The number of hydrogen-bond acceptors (Lipinski definition) is 6. The van der Waals surface area contributed by atoms with E-state index in [0.717, 1.165) is 29.8 Å². The molecule has 0 radical (unpaired) electrons. The number of carbonyl (C=O) groups is 1. The number of amides is 1. The molecule has 7 heteroatoms. The molecule has 0 spiro atoms. The summed E-state index contributed by atoms with van der Waals surface area (Å²) in [5.41, 5.74) is 2.76. The van der Waals surface area contributed by atoms with E-state index >= 15 is 0 Å². The van der Waals surface area contributed by atoms with Gasteiger partial charge in [-0.2, -0.15) is 0 Å². The quantitative estimate of drug-likeness (QED) is 0.528. The van der Waals surface area contributed by atoms with Crippen molar-refractivity contribution in [1.29, 1.82) is 0 Å². The molecule has 2 heterocycles. The number of nitrogens with zero attached hydrogens (tertiary/aromatic N) is 1. The number of hydrogen-bond donors (Lipinski definition) is 1. The Kier molecular flexibility index (Phi) is 7.65. The molecule has 0 saturated carbocycles. The average molecular weight is 451 g/mol. The van der Waals surface area contributed by atoms with Gasteiger partial charge in [0.15, 0.2) is 17.3 Å². The van der Waals surface area contributed by atoms with E-state index in [1.54, 1.807) is 13.4 Å². The Morgan fingerprint density at radius 2 is 1.88 bits per heavy atom. The van der Waals surface area contributed by atoms with Crippen LogP contribution in [0.15, 0.2) is 65.3 Å². The van der Waals surface area contributed by atoms with Crippen molar-refractivity contribution >= 4 is 5.91 Å². The van der Waals surface area contributed by atoms with Gasteiger partial charge in [-0.25, -0.2) is 0 Å². The first-order valence-corrected chi connectivity index (χ1v) is 11.2. The maximum Gasteiger partial charge on any atom is 0.287 e. The minimum atomic E-state index is -0.241. The molecule has 0 aliphatic carbocycles. The third-order valence-electron chi connectivity index (χ3n) is 5.77. The Morgan fingerprint density at radius 3 is 2.61 bits per heavy atom. The maximum absolute atomic E-state index is 13.1. The molecule has 1 saturated heterocycles. The number of morpholine rings is 1. The first kappa shape index (κ1) is 22.9. The zero-order valence-electron chi connectivity index (χ0n) is 19.1. The highest BCUT2D eigenvalue weighted by Gasteiger charge is 2.26. The molecule has 3 aromatic rings. The van der Waals surface area contributed by atoms with Crippen LogP contribution in [0, 0.1) is 0 Å². The highest BCUT2D eigenvalue weighted by molar-refractivity contribution is 5.98. The maximum atomic E-state index is 13.1. The van der Waals surface area contributed by atoms with Crippen molar-refractivity contribution in [3.8, 4) is 22.6 Å². The molecule has 1 atom stereocenters. The largest absolute Gasteiger partial charge is 0.493 e. The molecule has 1 unspecified atom stereocenters. The summed E-state index contributed by atoms with van der Waals surface area (Å²) < 4.78 is 22.3. The lowest BCUT2D eigenvalue weighted by atomic mass is 10.0. The summed E-state index contributed by atoms with van der Waals surface area (Å²) in [4.78, 5) is 15.4. The second kappa shape index (κ2) is 11.0. The molecule has 174 valence electrons. The van der Waals surface area contributed by atoms with Gasteiger partial charge >= 0.3 is 0 Å². The number of carbonyl (C=O) groups excluding carboxylic acids is 1. The van der Waals surface area contributed by atoms with Gasteiger partial charge in [-0.05, 0) is 36.2 Å². The Hall–Kier alpha value is -3.29. The second-order valence-corrected chi connectivity index (χ2v) is 7.75. The van der Waals surface area contributed by atoms with E-state index in [1.807, 2.05) is 61.5 Å². The van der Waals surface area contributed by atoms with Crippen LogP contribution in [0.4, 0.5) is 0 Å². The molecule has 7 nitrogen and oxygen atoms in total. The van der Waals surface area contributed by atoms with Gasteiger partial charge in [0, 0.05) is 25.2 Å². The van der Waals surface area contributed by atoms with Gasteiger partial charge in [-0.1, -0.05) is 36.4 Å². The van der Waals surface area contributed by atoms with Crippen LogP contribution < -0.4 is 14.8 Å². The zero-order chi connectivity index (χ0) is 23.0. The van der Waals surface area contributed by atoms with Gasteiger partial charge in [0.1, 0.15) is 0 Å². The Labute approximate surface area is 194 Å². The van der Waals surface area contributed by atoms with E-state index in [2.05, 4.69) is 10.2 Å². The van der Waals surface area contributed by atoms with Crippen molar-refractivity contribution in [2.24, 2.45) is 0 Å². The Balaban J connectivity index is 1.55. The van der Waals surface area contributed by atoms with Crippen molar-refractivity contribution in [1.82, 2.24) is 10.2 Å². The van der Waals surface area contributed by atoms with Crippen LogP contribution >= 0.6 is 0 Å². The molecule has 1 aromatic heterocycles. The van der Waals surface area contributed by atoms with Gasteiger partial charge in [0.25, 0.3) is 5.91 Å². The SMILES string of the molecule is CCOc1ccc(C(CNC(=O)c2occc2-c2ccccc2)N2CCOCC2)cc1OC. The minimum absolute atomic E-state index is 0.0439. The average Bonchev–Trinajstić information content (AvgIpc) is 3.36. The van der Waals surface area contributed by atoms with Crippen LogP contribution in [-0.4, -0.2) is 57.4 Å². The fourth-order valence-electron chi connectivity index (χ4n) is 4.11. The summed E-state index contributed by atoms with van der Waals surface area (Å²) in [5, 5.41) is 3.08. The highest BCUT2D eigenvalue weighted by Crippen LogP contribution is 2.32. The molecule has 2 aromatic carbocycles. The first-order valence-electron chi connectivity index (χ1n) is 11.2. The third-order valence-corrected chi connectivity index (χ3v) is 5.77. The van der Waals surface area contributed by atoms with Crippen molar-refractivity contribution in [3.05, 3.63) is 72.2 Å². The number of rotatable bonds is 9. The normalized spacial score (nSPS) is 15.1. The van der Waals surface area contributed by atoms with Gasteiger partial charge in [-0.3, -0.25) is 9.69 Å². The van der Waals surface area contributed by atoms with Crippen LogP contribution in [-0.2, 0) is 4.74 Å². The summed E-state index contributed by atoms with van der Waals surface area (Å²) in [7, 11) is 1.63. The minimum Gasteiger partial charge on any atom is -0.493 e. The molecule has 1 amide bonds. The zero-order valence-corrected chi connectivity index (χ0v) is 19.1. The molecule has 1 aliphatic heterocycles. The topological polar surface area (TPSA) is 73.2 Å². The Bertz CT molecular complexity index is 1040. The van der Waals surface area contributed by atoms with E-state index in [-0.39, 0.29) is 11.9 Å². The third kappa shape index (κ3) is 5.38. The predicted octanol–water partition coefficient (Wildman–Crippen LogP) is 4.16. The van der Waals surface area contributed by atoms with Gasteiger partial charge < -0.3 is 23.9 Å². The van der Waals surface area contributed by atoms with Crippen LogP contribution in [0.25, 0.3) is 11.1 Å². The summed E-state index contributed by atoms with van der Waals surface area (Å²) in [6.07, 6.45) is 1.55. The molecular formula is C26H30N2O5. The second-order valence-electron chi connectivity index (χ2n) is 7.75. The van der Waals surface area contributed by atoms with Crippen molar-refractivity contribution < 1.29 is 23.4 Å². The molecule has 0 bridgehead atoms. The van der Waals surface area contributed by atoms with Crippen LogP contribution in [0.5, 0.6) is 11.5 Å². The fourth-order valence-corrected chi connectivity index (χ4v) is 4.11. The van der Waals surface area contributed by atoms with Crippen LogP contribution in [0.3, 0.4) is 0 Å². The number of methoxy groups -OCH3 is 1. The van der Waals surface area contributed by atoms with Crippen molar-refractivity contribution in [3.63, 3.8) is 0 Å². The molecule has 1 aliphatic rings. The molecular weight excluding hydrogens is 420 g/mol. The van der Waals surface area contributed by atoms with E-state index in [4.69, 9.17) is 18.6 Å². The highest BCUT2D eigenvalue weighted by atomic mass is 16.5.